The summed E-state index contributed by atoms with van der Waals surface area (Å²) >= 11 is 0. The quantitative estimate of drug-likeness (QED) is 0.418. The number of halogens is 3. The minimum absolute atomic E-state index is 0.0573. The Balaban J connectivity index is 1.50. The fourth-order valence-corrected chi connectivity index (χ4v) is 5.26. The zero-order chi connectivity index (χ0) is 21.1. The predicted molar refractivity (Wildman–Crippen MR) is 118 cm³/mol. The Morgan fingerprint density at radius 1 is 0.867 bits per heavy atom. The summed E-state index contributed by atoms with van der Waals surface area (Å²) in [5.41, 5.74) is 3.22. The summed E-state index contributed by atoms with van der Waals surface area (Å²) in [6.07, 6.45) is 12.5. The van der Waals surface area contributed by atoms with Crippen LogP contribution in [0.25, 0.3) is 11.6 Å². The second kappa shape index (κ2) is 9.41. The molecule has 2 aliphatic rings. The van der Waals surface area contributed by atoms with Gasteiger partial charge in [0.15, 0.2) is 0 Å². The highest BCUT2D eigenvalue weighted by atomic mass is 19.1. The first-order valence-electron chi connectivity index (χ1n) is 11.5. The summed E-state index contributed by atoms with van der Waals surface area (Å²) < 4.78 is 43.6. The molecule has 0 bridgehead atoms. The van der Waals surface area contributed by atoms with Gasteiger partial charge in [-0.1, -0.05) is 44.7 Å². The average Bonchev–Trinajstić information content (AvgIpc) is 2.73. The van der Waals surface area contributed by atoms with Gasteiger partial charge in [0.05, 0.1) is 0 Å². The molecule has 0 nitrogen and oxygen atoms in total. The van der Waals surface area contributed by atoms with Crippen molar-refractivity contribution in [2.45, 2.75) is 77.0 Å². The van der Waals surface area contributed by atoms with E-state index in [0.717, 1.165) is 48.3 Å². The number of unbranched alkanes of at least 4 members (excludes halogenated alkanes) is 2. The molecule has 0 atom stereocenters. The molecule has 0 spiro atoms. The number of aryl methyl sites for hydroxylation is 1. The number of allylic oxidation sites excluding steroid dienone is 1. The molecule has 0 unspecified atom stereocenters. The molecule has 0 radical (unpaired) electrons. The lowest BCUT2D eigenvalue weighted by atomic mass is 9.76. The molecule has 2 aliphatic carbocycles. The Labute approximate surface area is 178 Å². The number of hydrogen-bond donors (Lipinski definition) is 0. The highest BCUT2D eigenvalue weighted by Crippen LogP contribution is 2.40. The summed E-state index contributed by atoms with van der Waals surface area (Å²) in [4.78, 5) is 0. The van der Waals surface area contributed by atoms with Gasteiger partial charge in [-0.05, 0) is 96.9 Å². The molecule has 0 N–H and O–H groups in total. The van der Waals surface area contributed by atoms with Crippen LogP contribution in [0.4, 0.5) is 13.2 Å². The molecule has 3 heteroatoms. The topological polar surface area (TPSA) is 0 Å². The van der Waals surface area contributed by atoms with Crippen molar-refractivity contribution in [2.24, 2.45) is 5.92 Å². The Hall–Kier alpha value is -2.03. The van der Waals surface area contributed by atoms with Crippen LogP contribution in [-0.4, -0.2) is 0 Å². The Bertz CT molecular complexity index is 897. The summed E-state index contributed by atoms with van der Waals surface area (Å²) in [7, 11) is 0. The molecule has 1 fully saturated rings. The van der Waals surface area contributed by atoms with Crippen molar-refractivity contribution in [3.05, 3.63) is 70.0 Å². The normalized spacial score (nSPS) is 21.3. The van der Waals surface area contributed by atoms with Gasteiger partial charge < -0.3 is 0 Å². The van der Waals surface area contributed by atoms with Crippen LogP contribution in [-0.2, 0) is 6.42 Å². The molecule has 2 aromatic carbocycles. The van der Waals surface area contributed by atoms with E-state index >= 15 is 8.78 Å². The number of benzene rings is 2. The van der Waals surface area contributed by atoms with Crippen LogP contribution in [0.1, 0.15) is 92.9 Å². The molecule has 2 aromatic rings. The third-order valence-electron chi connectivity index (χ3n) is 7.02. The van der Waals surface area contributed by atoms with E-state index in [2.05, 4.69) is 6.92 Å². The van der Waals surface area contributed by atoms with E-state index in [9.17, 15) is 4.39 Å². The van der Waals surface area contributed by atoms with Crippen LogP contribution in [0.5, 0.6) is 0 Å². The minimum Gasteiger partial charge on any atom is -0.207 e. The van der Waals surface area contributed by atoms with Crippen molar-refractivity contribution >= 4 is 11.6 Å². The Morgan fingerprint density at radius 3 is 2.30 bits per heavy atom. The summed E-state index contributed by atoms with van der Waals surface area (Å²) in [6, 6.07) is 7.72. The van der Waals surface area contributed by atoms with E-state index in [0.29, 0.717) is 18.4 Å². The average molecular weight is 413 g/mol. The summed E-state index contributed by atoms with van der Waals surface area (Å²) in [5.74, 6) is -0.273. The maximum absolute atomic E-state index is 15.0. The van der Waals surface area contributed by atoms with Crippen molar-refractivity contribution in [1.29, 1.82) is 0 Å². The predicted octanol–water partition coefficient (Wildman–Crippen LogP) is 8.44. The van der Waals surface area contributed by atoms with Crippen LogP contribution in [0.2, 0.25) is 0 Å². The fourth-order valence-electron chi connectivity index (χ4n) is 5.26. The van der Waals surface area contributed by atoms with Crippen molar-refractivity contribution < 1.29 is 13.2 Å². The highest BCUT2D eigenvalue weighted by Gasteiger charge is 2.25. The Morgan fingerprint density at radius 2 is 1.60 bits per heavy atom. The molecule has 4 rings (SSSR count). The maximum atomic E-state index is 15.0. The number of fused-ring (bicyclic) bond motifs is 1. The summed E-state index contributed by atoms with van der Waals surface area (Å²) in [5, 5.41) is 0. The molecule has 160 valence electrons. The van der Waals surface area contributed by atoms with E-state index in [-0.39, 0.29) is 17.3 Å². The van der Waals surface area contributed by atoms with Crippen molar-refractivity contribution in [3.63, 3.8) is 0 Å². The van der Waals surface area contributed by atoms with Crippen LogP contribution in [0, 0.1) is 23.4 Å². The first-order chi connectivity index (χ1) is 14.5. The van der Waals surface area contributed by atoms with Gasteiger partial charge in [0.2, 0.25) is 0 Å². The lowest BCUT2D eigenvalue weighted by Crippen LogP contribution is -2.14. The third kappa shape index (κ3) is 4.66. The molecule has 1 saturated carbocycles. The van der Waals surface area contributed by atoms with Gasteiger partial charge in [0.25, 0.3) is 0 Å². The highest BCUT2D eigenvalue weighted by molar-refractivity contribution is 5.85. The van der Waals surface area contributed by atoms with E-state index in [1.807, 2.05) is 0 Å². The van der Waals surface area contributed by atoms with Crippen molar-refractivity contribution in [2.75, 3.05) is 0 Å². The molecule has 0 amide bonds. The van der Waals surface area contributed by atoms with E-state index < -0.39 is 11.6 Å². The standard InChI is InChI=1S/C27H31F3/c1-2-3-4-5-18-6-8-19(9-7-18)23-16-25(29)27(26(30)17-23)21-11-10-20-12-13-24(28)15-22(20)14-21/h12-19H,2-11H2,1H3. The third-order valence-corrected chi connectivity index (χ3v) is 7.02. The van der Waals surface area contributed by atoms with Crippen LogP contribution in [0.15, 0.2) is 30.3 Å². The molecule has 0 aromatic heterocycles. The van der Waals surface area contributed by atoms with E-state index in [4.69, 9.17) is 0 Å². The molecule has 0 saturated heterocycles. The van der Waals surface area contributed by atoms with Gasteiger partial charge in [-0.2, -0.15) is 0 Å². The van der Waals surface area contributed by atoms with Gasteiger partial charge in [0.1, 0.15) is 17.5 Å². The maximum Gasteiger partial charge on any atom is 0.133 e. The van der Waals surface area contributed by atoms with Gasteiger partial charge in [0, 0.05) is 5.56 Å². The number of hydrogen-bond acceptors (Lipinski definition) is 0. The first kappa shape index (κ1) is 21.2. The van der Waals surface area contributed by atoms with Crippen LogP contribution >= 0.6 is 0 Å². The minimum atomic E-state index is -0.485. The lowest BCUT2D eigenvalue weighted by Gasteiger charge is -2.29. The fraction of sp³-hybridized carbons (Fsp3) is 0.481. The second-order valence-corrected chi connectivity index (χ2v) is 9.09. The van der Waals surface area contributed by atoms with Crippen molar-refractivity contribution in [1.82, 2.24) is 0 Å². The van der Waals surface area contributed by atoms with E-state index in [1.54, 1.807) is 24.3 Å². The number of rotatable bonds is 6. The van der Waals surface area contributed by atoms with Gasteiger partial charge in [-0.15, -0.1) is 0 Å². The molecular formula is C27H31F3. The van der Waals surface area contributed by atoms with Gasteiger partial charge >= 0.3 is 0 Å². The SMILES string of the molecule is CCCCCC1CCC(c2cc(F)c(C3=Cc4cc(F)ccc4CC3)c(F)c2)CC1. The second-order valence-electron chi connectivity index (χ2n) is 9.09. The van der Waals surface area contributed by atoms with Gasteiger partial charge in [-0.3, -0.25) is 0 Å². The van der Waals surface area contributed by atoms with Gasteiger partial charge in [-0.25, -0.2) is 13.2 Å². The molecular weight excluding hydrogens is 381 g/mol. The summed E-state index contributed by atoms with van der Waals surface area (Å²) in [6.45, 7) is 2.23. The molecule has 0 heterocycles. The van der Waals surface area contributed by atoms with Crippen molar-refractivity contribution in [3.8, 4) is 0 Å². The smallest absolute Gasteiger partial charge is 0.133 e. The lowest BCUT2D eigenvalue weighted by molar-refractivity contribution is 0.302. The Kier molecular flexibility index (Phi) is 6.65. The zero-order valence-electron chi connectivity index (χ0n) is 17.8. The monoisotopic (exact) mass is 412 g/mol. The first-order valence-corrected chi connectivity index (χ1v) is 11.5. The molecule has 30 heavy (non-hydrogen) atoms. The van der Waals surface area contributed by atoms with Crippen LogP contribution < -0.4 is 0 Å². The zero-order valence-corrected chi connectivity index (χ0v) is 17.8. The largest absolute Gasteiger partial charge is 0.207 e. The molecule has 0 aliphatic heterocycles. The van der Waals surface area contributed by atoms with Crippen LogP contribution in [0.3, 0.4) is 0 Å². The van der Waals surface area contributed by atoms with E-state index in [1.165, 1.54) is 37.8 Å².